The number of carbonyl (C=O) groups excluding carboxylic acids is 1. The molecule has 0 fully saturated rings. The minimum atomic E-state index is -0.675. The van der Waals surface area contributed by atoms with Gasteiger partial charge in [0.25, 0.3) is 0 Å². The highest BCUT2D eigenvalue weighted by atomic mass is 32.2. The van der Waals surface area contributed by atoms with Crippen molar-refractivity contribution in [1.82, 2.24) is 14.9 Å². The normalized spacial score (nSPS) is 15.7. The van der Waals surface area contributed by atoms with Gasteiger partial charge in [-0.25, -0.2) is 14.4 Å². The molecule has 30 heavy (non-hydrogen) atoms. The smallest absolute Gasteiger partial charge is 0.214 e. The lowest BCUT2D eigenvalue weighted by atomic mass is 9.98. The molecule has 0 unspecified atom stereocenters. The predicted octanol–water partition coefficient (Wildman–Crippen LogP) is 3.93. The van der Waals surface area contributed by atoms with E-state index in [-0.39, 0.29) is 19.0 Å². The van der Waals surface area contributed by atoms with Crippen LogP contribution in [0, 0.1) is 12.7 Å². The number of hydrogen-bond acceptors (Lipinski definition) is 7. The Morgan fingerprint density at radius 3 is 2.70 bits per heavy atom. The van der Waals surface area contributed by atoms with Gasteiger partial charge in [0.05, 0.1) is 6.54 Å². The molecule has 0 atom stereocenters. The molecule has 6 nitrogen and oxygen atoms in total. The first-order valence-electron chi connectivity index (χ1n) is 9.29. The molecule has 0 spiro atoms. The van der Waals surface area contributed by atoms with E-state index in [4.69, 9.17) is 5.73 Å². The van der Waals surface area contributed by atoms with Crippen LogP contribution in [0.4, 0.5) is 10.2 Å². The molecule has 0 bridgehead atoms. The number of aliphatic hydroxyl groups excluding tert-OH is 1. The fourth-order valence-corrected chi connectivity index (χ4v) is 6.04. The largest absolute Gasteiger partial charge is 0.396 e. The van der Waals surface area contributed by atoms with E-state index >= 15 is 0 Å². The summed E-state index contributed by atoms with van der Waals surface area (Å²) in [7, 11) is 0. The summed E-state index contributed by atoms with van der Waals surface area (Å²) in [6.07, 6.45) is 2.66. The molecule has 1 aromatic carbocycles. The fraction of sp³-hybridized carbons (Fsp3) is 0.286. The number of amides is 1. The van der Waals surface area contributed by atoms with Crippen molar-refractivity contribution in [3.63, 3.8) is 0 Å². The first kappa shape index (κ1) is 22.3. The second kappa shape index (κ2) is 9.63. The van der Waals surface area contributed by atoms with E-state index in [1.165, 1.54) is 40.6 Å². The summed E-state index contributed by atoms with van der Waals surface area (Å²) >= 11 is 3.04. The lowest BCUT2D eigenvalue weighted by Gasteiger charge is -2.34. The van der Waals surface area contributed by atoms with E-state index in [1.54, 1.807) is 19.2 Å². The molecule has 9 heteroatoms. The first-order chi connectivity index (χ1) is 14.4. The maximum Gasteiger partial charge on any atom is 0.214 e. The quantitative estimate of drug-likeness (QED) is 0.594. The van der Waals surface area contributed by atoms with Crippen molar-refractivity contribution in [2.75, 3.05) is 12.3 Å². The Morgan fingerprint density at radius 2 is 2.10 bits per heavy atom. The summed E-state index contributed by atoms with van der Waals surface area (Å²) in [6, 6.07) is 6.42. The number of aryl methyl sites for hydroxylation is 1. The van der Waals surface area contributed by atoms with Gasteiger partial charge in [-0.15, -0.1) is 23.5 Å². The number of rotatable bonds is 8. The lowest BCUT2D eigenvalue weighted by molar-refractivity contribution is -0.117. The second-order valence-corrected chi connectivity index (χ2v) is 9.23. The van der Waals surface area contributed by atoms with Gasteiger partial charge in [0.15, 0.2) is 0 Å². The summed E-state index contributed by atoms with van der Waals surface area (Å²) in [5.74, 6) is 0.534. The van der Waals surface area contributed by atoms with E-state index in [0.29, 0.717) is 29.3 Å². The van der Waals surface area contributed by atoms with E-state index in [2.05, 4.69) is 9.97 Å². The molecule has 2 heterocycles. The second-order valence-electron chi connectivity index (χ2n) is 6.73. The summed E-state index contributed by atoms with van der Waals surface area (Å²) < 4.78 is 13.4. The Balaban J connectivity index is 2.07. The highest BCUT2D eigenvalue weighted by molar-refractivity contribution is 8.23. The van der Waals surface area contributed by atoms with Crippen molar-refractivity contribution in [2.45, 2.75) is 30.9 Å². The van der Waals surface area contributed by atoms with Gasteiger partial charge in [0, 0.05) is 24.1 Å². The number of benzene rings is 1. The number of nitrogen functional groups attached to an aromatic ring is 1. The summed E-state index contributed by atoms with van der Waals surface area (Å²) in [5, 5.41) is 13.7. The Labute approximate surface area is 183 Å². The van der Waals surface area contributed by atoms with Crippen LogP contribution in [0.1, 0.15) is 30.3 Å². The lowest BCUT2D eigenvalue weighted by Crippen LogP contribution is -2.28. The number of aliphatic hydroxyl groups is 1. The van der Waals surface area contributed by atoms with Gasteiger partial charge in [0.1, 0.15) is 21.5 Å². The number of halogens is 1. The molecule has 0 saturated carbocycles. The van der Waals surface area contributed by atoms with Gasteiger partial charge < -0.3 is 15.7 Å². The van der Waals surface area contributed by atoms with Gasteiger partial charge in [-0.1, -0.05) is 12.1 Å². The molecule has 0 saturated heterocycles. The molecule has 2 aromatic rings. The highest BCUT2D eigenvalue weighted by Crippen LogP contribution is 2.59. The Kier molecular flexibility index (Phi) is 7.17. The standard InChI is InChI=1S/C21H23FN4O2S2/c1-14(26(13-28)12-16-11-24-15(2)25-20(16)23)19(6-7-27)21(29-8-9-30-21)17-4-3-5-18(22)10-17/h3-5,8-11,13,27H,6-7,12H2,1-2H3,(H2,23,24,25)/b19-14-. The molecular weight excluding hydrogens is 423 g/mol. The summed E-state index contributed by atoms with van der Waals surface area (Å²) in [5.41, 5.74) is 8.89. The number of allylic oxidation sites excluding steroid dienone is 1. The van der Waals surface area contributed by atoms with Crippen LogP contribution in [0.2, 0.25) is 0 Å². The van der Waals surface area contributed by atoms with E-state index in [1.807, 2.05) is 23.8 Å². The minimum absolute atomic E-state index is 0.104. The SMILES string of the molecule is C/C(=C(\CCO)C1(c2cccc(F)c2)SC=CS1)N(C=O)Cc1cnc(C)nc1N. The summed E-state index contributed by atoms with van der Waals surface area (Å²) in [4.78, 5) is 21.9. The van der Waals surface area contributed by atoms with Crippen LogP contribution in [0.15, 0.2) is 52.5 Å². The van der Waals surface area contributed by atoms with Crippen molar-refractivity contribution in [3.8, 4) is 0 Å². The zero-order chi connectivity index (χ0) is 21.7. The van der Waals surface area contributed by atoms with Crippen molar-refractivity contribution < 1.29 is 14.3 Å². The van der Waals surface area contributed by atoms with Gasteiger partial charge in [0.2, 0.25) is 6.41 Å². The Morgan fingerprint density at radius 1 is 1.37 bits per heavy atom. The topological polar surface area (TPSA) is 92.3 Å². The molecule has 3 rings (SSSR count). The molecule has 0 radical (unpaired) electrons. The van der Waals surface area contributed by atoms with Crippen LogP contribution in [0.3, 0.4) is 0 Å². The fourth-order valence-electron chi connectivity index (χ4n) is 3.34. The first-order valence-corrected chi connectivity index (χ1v) is 11.0. The maximum atomic E-state index is 14.0. The van der Waals surface area contributed by atoms with Gasteiger partial charge in [-0.05, 0) is 54.4 Å². The number of aromatic nitrogens is 2. The molecule has 1 aliphatic heterocycles. The van der Waals surface area contributed by atoms with Gasteiger partial charge in [-0.2, -0.15) is 0 Å². The maximum absolute atomic E-state index is 14.0. The van der Waals surface area contributed by atoms with E-state index in [9.17, 15) is 14.3 Å². The van der Waals surface area contributed by atoms with Crippen LogP contribution in [-0.2, 0) is 15.4 Å². The van der Waals surface area contributed by atoms with Crippen LogP contribution in [0.5, 0.6) is 0 Å². The minimum Gasteiger partial charge on any atom is -0.396 e. The van der Waals surface area contributed by atoms with Crippen LogP contribution in [0.25, 0.3) is 0 Å². The third kappa shape index (κ3) is 4.53. The van der Waals surface area contributed by atoms with E-state index < -0.39 is 4.08 Å². The third-order valence-corrected chi connectivity index (χ3v) is 7.76. The van der Waals surface area contributed by atoms with Crippen LogP contribution < -0.4 is 5.73 Å². The number of anilines is 1. The monoisotopic (exact) mass is 446 g/mol. The van der Waals surface area contributed by atoms with E-state index in [0.717, 1.165) is 17.5 Å². The molecule has 1 aromatic heterocycles. The summed E-state index contributed by atoms with van der Waals surface area (Å²) in [6.45, 7) is 3.66. The number of hydrogen-bond donors (Lipinski definition) is 2. The average Bonchev–Trinajstić information content (AvgIpc) is 3.22. The van der Waals surface area contributed by atoms with Gasteiger partial charge >= 0.3 is 0 Å². The zero-order valence-corrected chi connectivity index (χ0v) is 18.3. The number of carbonyl (C=O) groups is 1. The van der Waals surface area contributed by atoms with Gasteiger partial charge in [-0.3, -0.25) is 4.79 Å². The predicted molar refractivity (Wildman–Crippen MR) is 120 cm³/mol. The van der Waals surface area contributed by atoms with Crippen molar-refractivity contribution >= 4 is 35.8 Å². The Hall–Kier alpha value is -2.36. The average molecular weight is 447 g/mol. The number of nitrogens with zero attached hydrogens (tertiary/aromatic N) is 3. The van der Waals surface area contributed by atoms with Crippen molar-refractivity contribution in [1.29, 1.82) is 0 Å². The number of nitrogens with two attached hydrogens (primary N) is 1. The molecular formula is C21H23FN4O2S2. The third-order valence-electron chi connectivity index (χ3n) is 4.84. The highest BCUT2D eigenvalue weighted by Gasteiger charge is 2.41. The van der Waals surface area contributed by atoms with Crippen LogP contribution >= 0.6 is 23.5 Å². The molecule has 3 N–H and O–H groups in total. The molecule has 0 aliphatic carbocycles. The molecule has 158 valence electrons. The van der Waals surface area contributed by atoms with Crippen LogP contribution in [-0.4, -0.2) is 33.0 Å². The van der Waals surface area contributed by atoms with Crippen molar-refractivity contribution in [2.24, 2.45) is 0 Å². The Bertz CT molecular complexity index is 989. The zero-order valence-electron chi connectivity index (χ0n) is 16.7. The molecule has 1 aliphatic rings. The molecule has 1 amide bonds. The number of thioether (sulfide) groups is 2. The van der Waals surface area contributed by atoms with Crippen molar-refractivity contribution in [3.05, 3.63) is 75.3 Å².